The molecular weight excluding hydrogens is 388 g/mol. The number of nitrogens with two attached hydrogens (primary N) is 1. The number of hydrogen-bond acceptors (Lipinski definition) is 5. The Hall–Kier alpha value is -3.12. The first-order valence-corrected chi connectivity index (χ1v) is 9.97. The van der Waals surface area contributed by atoms with Crippen LogP contribution in [0, 0.1) is 0 Å². The van der Waals surface area contributed by atoms with E-state index in [9.17, 15) is 4.79 Å². The molecule has 29 heavy (non-hydrogen) atoms. The third-order valence-electron chi connectivity index (χ3n) is 4.77. The van der Waals surface area contributed by atoms with Gasteiger partial charge in [-0.25, -0.2) is 14.8 Å². The summed E-state index contributed by atoms with van der Waals surface area (Å²) in [6.07, 6.45) is 2.86. The number of nitrogen functional groups attached to an aromatic ring is 1. The van der Waals surface area contributed by atoms with Gasteiger partial charge in [-0.1, -0.05) is 43.5 Å². The van der Waals surface area contributed by atoms with Crippen molar-refractivity contribution in [2.75, 3.05) is 12.3 Å². The quantitative estimate of drug-likeness (QED) is 0.352. The zero-order chi connectivity index (χ0) is 20.4. The Balaban J connectivity index is 1.89. The van der Waals surface area contributed by atoms with Crippen LogP contribution in [0.5, 0.6) is 0 Å². The number of anilines is 1. The third kappa shape index (κ3) is 3.63. The highest BCUT2D eigenvalue weighted by atomic mass is 35.5. The summed E-state index contributed by atoms with van der Waals surface area (Å²) in [5.74, 6) is -0.237. The third-order valence-corrected chi connectivity index (χ3v) is 5.02. The van der Waals surface area contributed by atoms with Crippen LogP contribution in [0.4, 0.5) is 5.82 Å². The number of unbranched alkanes of at least 4 members (excludes halogenated alkanes) is 2. The molecular formula is C22H21ClN4O2. The van der Waals surface area contributed by atoms with E-state index in [1.54, 1.807) is 16.7 Å². The summed E-state index contributed by atoms with van der Waals surface area (Å²) >= 11 is 6.03. The lowest BCUT2D eigenvalue weighted by Crippen LogP contribution is -2.10. The molecule has 0 aliphatic carbocycles. The van der Waals surface area contributed by atoms with E-state index in [0.29, 0.717) is 28.3 Å². The number of benzene rings is 2. The van der Waals surface area contributed by atoms with Gasteiger partial charge >= 0.3 is 5.97 Å². The van der Waals surface area contributed by atoms with E-state index in [4.69, 9.17) is 27.1 Å². The van der Waals surface area contributed by atoms with Gasteiger partial charge in [0.15, 0.2) is 5.65 Å². The summed E-state index contributed by atoms with van der Waals surface area (Å²) < 4.78 is 7.19. The number of carbonyl (C=O) groups excluding carboxylic acids is 1. The number of fused-ring (bicyclic) bond motifs is 2. The lowest BCUT2D eigenvalue weighted by molar-refractivity contribution is 0.0501. The van der Waals surface area contributed by atoms with Gasteiger partial charge in [-0.15, -0.1) is 0 Å². The molecule has 0 radical (unpaired) electrons. The van der Waals surface area contributed by atoms with Crippen LogP contribution in [0.25, 0.3) is 27.9 Å². The second-order valence-electron chi connectivity index (χ2n) is 6.80. The Bertz CT molecular complexity index is 1190. The second kappa shape index (κ2) is 8.09. The van der Waals surface area contributed by atoms with Crippen LogP contribution in [0.2, 0.25) is 5.02 Å². The molecule has 0 amide bonds. The van der Waals surface area contributed by atoms with Crippen molar-refractivity contribution in [3.05, 3.63) is 59.1 Å². The molecule has 2 heterocycles. The molecule has 0 unspecified atom stereocenters. The van der Waals surface area contributed by atoms with Crippen molar-refractivity contribution in [1.82, 2.24) is 14.5 Å². The van der Waals surface area contributed by atoms with E-state index in [-0.39, 0.29) is 11.4 Å². The summed E-state index contributed by atoms with van der Waals surface area (Å²) in [7, 11) is 0. The Morgan fingerprint density at radius 1 is 1.07 bits per heavy atom. The van der Waals surface area contributed by atoms with Crippen LogP contribution in [0.3, 0.4) is 0 Å². The lowest BCUT2D eigenvalue weighted by atomic mass is 10.2. The molecule has 148 valence electrons. The molecule has 0 aliphatic heterocycles. The van der Waals surface area contributed by atoms with Crippen LogP contribution in [0.15, 0.2) is 48.5 Å². The molecule has 4 rings (SSSR count). The standard InChI is InChI=1S/C22H21ClN4O2/c1-2-3-6-13-29-22(28)18-19-21(26-17-8-5-4-7-16(17)25-19)27(20(18)24)15-11-9-14(23)10-12-15/h4-5,7-12H,2-3,6,13,24H2,1H3. The maximum absolute atomic E-state index is 12.9. The molecule has 6 nitrogen and oxygen atoms in total. The van der Waals surface area contributed by atoms with Crippen LogP contribution < -0.4 is 5.73 Å². The number of hydrogen-bond donors (Lipinski definition) is 1. The van der Waals surface area contributed by atoms with Crippen molar-refractivity contribution in [3.63, 3.8) is 0 Å². The highest BCUT2D eigenvalue weighted by Gasteiger charge is 2.25. The molecule has 0 atom stereocenters. The molecule has 2 aromatic carbocycles. The second-order valence-corrected chi connectivity index (χ2v) is 7.24. The van der Waals surface area contributed by atoms with Crippen LogP contribution in [0.1, 0.15) is 36.5 Å². The Kier molecular flexibility index (Phi) is 5.36. The van der Waals surface area contributed by atoms with Crippen molar-refractivity contribution < 1.29 is 9.53 Å². The van der Waals surface area contributed by atoms with Gasteiger partial charge in [0.05, 0.1) is 17.6 Å². The van der Waals surface area contributed by atoms with Crippen molar-refractivity contribution in [3.8, 4) is 5.69 Å². The Morgan fingerprint density at radius 2 is 1.76 bits per heavy atom. The van der Waals surface area contributed by atoms with Crippen molar-refractivity contribution in [2.24, 2.45) is 0 Å². The first-order chi connectivity index (χ1) is 14.1. The SMILES string of the molecule is CCCCCOC(=O)c1c(N)n(-c2ccc(Cl)cc2)c2nc3ccccc3nc12. The highest BCUT2D eigenvalue weighted by Crippen LogP contribution is 2.31. The molecule has 0 saturated carbocycles. The van der Waals surface area contributed by atoms with Gasteiger partial charge in [-0.2, -0.15) is 0 Å². The summed E-state index contributed by atoms with van der Waals surface area (Å²) in [5, 5.41) is 0.607. The van der Waals surface area contributed by atoms with Gasteiger partial charge in [0.2, 0.25) is 0 Å². The number of esters is 1. The molecule has 0 spiro atoms. The molecule has 4 aromatic rings. The van der Waals surface area contributed by atoms with Crippen LogP contribution >= 0.6 is 11.6 Å². The van der Waals surface area contributed by atoms with Crippen molar-refractivity contribution in [2.45, 2.75) is 26.2 Å². The van der Waals surface area contributed by atoms with Gasteiger partial charge in [-0.05, 0) is 42.8 Å². The Morgan fingerprint density at radius 3 is 2.45 bits per heavy atom. The normalized spacial score (nSPS) is 11.2. The number of rotatable bonds is 6. The number of halogens is 1. The van der Waals surface area contributed by atoms with E-state index >= 15 is 0 Å². The number of para-hydroxylation sites is 2. The summed E-state index contributed by atoms with van der Waals surface area (Å²) in [6.45, 7) is 2.45. The van der Waals surface area contributed by atoms with E-state index in [1.807, 2.05) is 36.4 Å². The van der Waals surface area contributed by atoms with Gasteiger partial charge in [-0.3, -0.25) is 4.57 Å². The minimum absolute atomic E-state index is 0.240. The van der Waals surface area contributed by atoms with Gasteiger partial charge < -0.3 is 10.5 Å². The number of carbonyl (C=O) groups is 1. The number of nitrogens with zero attached hydrogens (tertiary/aromatic N) is 3. The van der Waals surface area contributed by atoms with Crippen LogP contribution in [-0.4, -0.2) is 27.1 Å². The predicted octanol–water partition coefficient (Wildman–Crippen LogP) is 5.16. The smallest absolute Gasteiger partial charge is 0.344 e. The van der Waals surface area contributed by atoms with E-state index < -0.39 is 5.97 Å². The minimum Gasteiger partial charge on any atom is -0.462 e. The molecule has 0 bridgehead atoms. The summed E-state index contributed by atoms with van der Waals surface area (Å²) in [5.41, 5.74) is 9.75. The molecule has 0 saturated heterocycles. The largest absolute Gasteiger partial charge is 0.462 e. The average molecular weight is 409 g/mol. The summed E-state index contributed by atoms with van der Waals surface area (Å²) in [6, 6.07) is 14.7. The van der Waals surface area contributed by atoms with Gasteiger partial charge in [0.25, 0.3) is 0 Å². The van der Waals surface area contributed by atoms with E-state index in [1.165, 1.54) is 0 Å². The molecule has 2 N–H and O–H groups in total. The minimum atomic E-state index is -0.485. The van der Waals surface area contributed by atoms with Crippen molar-refractivity contribution in [1.29, 1.82) is 0 Å². The fraction of sp³-hybridized carbons (Fsp3) is 0.227. The van der Waals surface area contributed by atoms with Crippen molar-refractivity contribution >= 4 is 45.6 Å². The first kappa shape index (κ1) is 19.2. The molecule has 0 fully saturated rings. The van der Waals surface area contributed by atoms with E-state index in [0.717, 1.165) is 30.5 Å². The molecule has 7 heteroatoms. The maximum Gasteiger partial charge on any atom is 0.344 e. The molecule has 2 aromatic heterocycles. The predicted molar refractivity (Wildman–Crippen MR) is 116 cm³/mol. The monoisotopic (exact) mass is 408 g/mol. The topological polar surface area (TPSA) is 83.0 Å². The van der Waals surface area contributed by atoms with Gasteiger partial charge in [0.1, 0.15) is 16.9 Å². The molecule has 0 aliphatic rings. The first-order valence-electron chi connectivity index (χ1n) is 9.60. The van der Waals surface area contributed by atoms with Crippen LogP contribution in [-0.2, 0) is 4.74 Å². The summed E-state index contributed by atoms with van der Waals surface area (Å²) in [4.78, 5) is 22.3. The zero-order valence-corrected chi connectivity index (χ0v) is 16.8. The fourth-order valence-electron chi connectivity index (χ4n) is 3.30. The Labute approximate surface area is 173 Å². The average Bonchev–Trinajstić information content (AvgIpc) is 3.01. The highest BCUT2D eigenvalue weighted by molar-refractivity contribution is 6.30. The van der Waals surface area contributed by atoms with E-state index in [2.05, 4.69) is 11.9 Å². The fourth-order valence-corrected chi connectivity index (χ4v) is 3.43. The number of ether oxygens (including phenoxy) is 1. The van der Waals surface area contributed by atoms with Gasteiger partial charge in [0, 0.05) is 10.7 Å². The zero-order valence-electron chi connectivity index (χ0n) is 16.1. The maximum atomic E-state index is 12.9. The number of aromatic nitrogens is 3. The lowest BCUT2D eigenvalue weighted by Gasteiger charge is -2.08.